The predicted octanol–water partition coefficient (Wildman–Crippen LogP) is 3.57. The van der Waals surface area contributed by atoms with E-state index in [4.69, 9.17) is 14.2 Å². The van der Waals surface area contributed by atoms with E-state index in [0.29, 0.717) is 23.2 Å². The first-order valence-corrected chi connectivity index (χ1v) is 9.87. The molecule has 0 saturated carbocycles. The van der Waals surface area contributed by atoms with E-state index in [9.17, 15) is 4.79 Å². The Labute approximate surface area is 174 Å². The molecule has 3 rings (SSSR count). The molecule has 1 unspecified atom stereocenters. The standard InChI is InChI=1S/C21H23N3O4S/c1-14-20(25)24(13-15-5-8-17(26-2)9-6-15)21(29-14)23-22-12-16-7-10-18(27-3)19(11-16)28-4/h5-12,14H,13H2,1-4H3/b22-12+,23-21+. The third kappa shape index (κ3) is 4.89. The van der Waals surface area contributed by atoms with Crippen LogP contribution in [-0.2, 0) is 11.3 Å². The van der Waals surface area contributed by atoms with E-state index < -0.39 is 0 Å². The summed E-state index contributed by atoms with van der Waals surface area (Å²) in [5, 5.41) is 8.85. The highest BCUT2D eigenvalue weighted by molar-refractivity contribution is 8.15. The molecule has 0 aromatic heterocycles. The van der Waals surface area contributed by atoms with Crippen LogP contribution in [0.2, 0.25) is 0 Å². The predicted molar refractivity (Wildman–Crippen MR) is 115 cm³/mol. The van der Waals surface area contributed by atoms with Gasteiger partial charge in [-0.3, -0.25) is 9.69 Å². The van der Waals surface area contributed by atoms with Gasteiger partial charge in [-0.05, 0) is 48.4 Å². The maximum Gasteiger partial charge on any atom is 0.242 e. The number of rotatable bonds is 7. The van der Waals surface area contributed by atoms with E-state index in [1.165, 1.54) is 11.8 Å². The topological polar surface area (TPSA) is 72.7 Å². The van der Waals surface area contributed by atoms with Crippen LogP contribution >= 0.6 is 11.8 Å². The highest BCUT2D eigenvalue weighted by atomic mass is 32.2. The average Bonchev–Trinajstić information content (AvgIpc) is 3.01. The fraction of sp³-hybridized carbons (Fsp3) is 0.286. The summed E-state index contributed by atoms with van der Waals surface area (Å²) in [6.45, 7) is 2.31. The molecule has 152 valence electrons. The first-order chi connectivity index (χ1) is 14.0. The minimum Gasteiger partial charge on any atom is -0.497 e. The Hall–Kier alpha value is -3.00. The number of hydrogen-bond donors (Lipinski definition) is 0. The second-order valence-electron chi connectivity index (χ2n) is 6.27. The minimum atomic E-state index is -0.191. The molecule has 0 spiro atoms. The molecule has 1 saturated heterocycles. The smallest absolute Gasteiger partial charge is 0.242 e. The zero-order valence-electron chi connectivity index (χ0n) is 16.8. The Balaban J connectivity index is 1.77. The van der Waals surface area contributed by atoms with Crippen LogP contribution in [0.15, 0.2) is 52.7 Å². The number of carbonyl (C=O) groups excluding carboxylic acids is 1. The number of hydrogen-bond acceptors (Lipinski definition) is 7. The van der Waals surface area contributed by atoms with E-state index in [1.807, 2.05) is 43.3 Å². The fourth-order valence-electron chi connectivity index (χ4n) is 2.80. The molecular weight excluding hydrogens is 390 g/mol. The van der Waals surface area contributed by atoms with Gasteiger partial charge in [-0.25, -0.2) is 0 Å². The van der Waals surface area contributed by atoms with Crippen LogP contribution in [0.5, 0.6) is 17.2 Å². The highest BCUT2D eigenvalue weighted by Crippen LogP contribution is 2.29. The van der Waals surface area contributed by atoms with E-state index >= 15 is 0 Å². The number of ether oxygens (including phenoxy) is 3. The van der Waals surface area contributed by atoms with Crippen LogP contribution in [0.25, 0.3) is 0 Å². The third-order valence-electron chi connectivity index (χ3n) is 4.38. The third-order valence-corrected chi connectivity index (χ3v) is 5.45. The lowest BCUT2D eigenvalue weighted by Crippen LogP contribution is -2.30. The summed E-state index contributed by atoms with van der Waals surface area (Å²) in [4.78, 5) is 14.2. The van der Waals surface area contributed by atoms with Crippen molar-refractivity contribution in [3.05, 3.63) is 53.6 Å². The van der Waals surface area contributed by atoms with Gasteiger partial charge in [-0.15, -0.1) is 5.10 Å². The molecule has 0 bridgehead atoms. The lowest BCUT2D eigenvalue weighted by molar-refractivity contribution is -0.126. The van der Waals surface area contributed by atoms with Gasteiger partial charge in [0.1, 0.15) is 5.75 Å². The molecule has 2 aromatic carbocycles. The average molecular weight is 413 g/mol. The molecule has 2 aromatic rings. The van der Waals surface area contributed by atoms with E-state index in [1.54, 1.807) is 38.5 Å². The van der Waals surface area contributed by atoms with Gasteiger partial charge in [0.25, 0.3) is 0 Å². The maximum atomic E-state index is 12.5. The normalized spacial score (nSPS) is 17.9. The Kier molecular flexibility index (Phi) is 6.77. The van der Waals surface area contributed by atoms with Crippen molar-refractivity contribution in [2.45, 2.75) is 18.7 Å². The Morgan fingerprint density at radius 1 is 1.03 bits per heavy atom. The first kappa shape index (κ1) is 20.7. The number of benzene rings is 2. The van der Waals surface area contributed by atoms with Crippen LogP contribution in [0, 0.1) is 0 Å². The summed E-state index contributed by atoms with van der Waals surface area (Å²) in [6, 6.07) is 13.1. The molecule has 8 heteroatoms. The molecule has 0 radical (unpaired) electrons. The number of amidine groups is 1. The summed E-state index contributed by atoms with van der Waals surface area (Å²) in [5.41, 5.74) is 1.81. The molecular formula is C21H23N3O4S. The van der Waals surface area contributed by atoms with Crippen molar-refractivity contribution in [3.8, 4) is 17.2 Å². The molecule has 0 N–H and O–H groups in total. The van der Waals surface area contributed by atoms with Crippen LogP contribution in [0.3, 0.4) is 0 Å². The van der Waals surface area contributed by atoms with E-state index in [0.717, 1.165) is 16.9 Å². The molecule has 0 aliphatic carbocycles. The van der Waals surface area contributed by atoms with Gasteiger partial charge in [-0.2, -0.15) is 5.10 Å². The quantitative estimate of drug-likeness (QED) is 0.513. The molecule has 1 aliphatic heterocycles. The zero-order valence-corrected chi connectivity index (χ0v) is 17.6. The Morgan fingerprint density at radius 2 is 1.76 bits per heavy atom. The van der Waals surface area contributed by atoms with Gasteiger partial charge in [-0.1, -0.05) is 23.9 Å². The molecule has 1 atom stereocenters. The summed E-state index contributed by atoms with van der Waals surface area (Å²) < 4.78 is 15.7. The molecule has 1 fully saturated rings. The second kappa shape index (κ2) is 9.47. The summed E-state index contributed by atoms with van der Waals surface area (Å²) in [5.74, 6) is 2.06. The van der Waals surface area contributed by atoms with Crippen molar-refractivity contribution in [1.29, 1.82) is 0 Å². The van der Waals surface area contributed by atoms with E-state index in [2.05, 4.69) is 10.2 Å². The zero-order chi connectivity index (χ0) is 20.8. The van der Waals surface area contributed by atoms with Gasteiger partial charge in [0.05, 0.1) is 39.3 Å². The van der Waals surface area contributed by atoms with Crippen molar-refractivity contribution in [1.82, 2.24) is 4.90 Å². The van der Waals surface area contributed by atoms with Crippen LogP contribution < -0.4 is 14.2 Å². The van der Waals surface area contributed by atoms with Crippen molar-refractivity contribution in [3.63, 3.8) is 0 Å². The van der Waals surface area contributed by atoms with Crippen molar-refractivity contribution < 1.29 is 19.0 Å². The number of carbonyl (C=O) groups is 1. The molecule has 1 amide bonds. The maximum absolute atomic E-state index is 12.5. The molecule has 1 aliphatic rings. The number of thioether (sulfide) groups is 1. The number of amides is 1. The van der Waals surface area contributed by atoms with Gasteiger partial charge in [0.15, 0.2) is 16.7 Å². The summed E-state index contributed by atoms with van der Waals surface area (Å²) in [7, 11) is 4.79. The summed E-state index contributed by atoms with van der Waals surface area (Å²) >= 11 is 1.40. The largest absolute Gasteiger partial charge is 0.497 e. The first-order valence-electron chi connectivity index (χ1n) is 8.99. The van der Waals surface area contributed by atoms with Crippen molar-refractivity contribution in [2.24, 2.45) is 10.2 Å². The van der Waals surface area contributed by atoms with Crippen LogP contribution in [0.4, 0.5) is 0 Å². The van der Waals surface area contributed by atoms with E-state index in [-0.39, 0.29) is 11.2 Å². The Bertz CT molecular complexity index is 928. The molecule has 29 heavy (non-hydrogen) atoms. The number of methoxy groups -OCH3 is 3. The van der Waals surface area contributed by atoms with Crippen molar-refractivity contribution in [2.75, 3.05) is 21.3 Å². The van der Waals surface area contributed by atoms with Gasteiger partial charge < -0.3 is 14.2 Å². The van der Waals surface area contributed by atoms with Crippen LogP contribution in [-0.4, -0.2) is 48.8 Å². The second-order valence-corrected chi connectivity index (χ2v) is 7.58. The summed E-state index contributed by atoms with van der Waals surface area (Å²) in [6.07, 6.45) is 1.62. The van der Waals surface area contributed by atoms with Crippen LogP contribution in [0.1, 0.15) is 18.1 Å². The lowest BCUT2D eigenvalue weighted by Gasteiger charge is -2.15. The van der Waals surface area contributed by atoms with Crippen molar-refractivity contribution >= 4 is 29.1 Å². The highest BCUT2D eigenvalue weighted by Gasteiger charge is 2.35. The van der Waals surface area contributed by atoms with Gasteiger partial charge in [0.2, 0.25) is 5.91 Å². The molecule has 7 nitrogen and oxygen atoms in total. The minimum absolute atomic E-state index is 0.0193. The van der Waals surface area contributed by atoms with Gasteiger partial charge >= 0.3 is 0 Å². The monoisotopic (exact) mass is 413 g/mol. The lowest BCUT2D eigenvalue weighted by atomic mass is 10.2. The van der Waals surface area contributed by atoms with Gasteiger partial charge in [0, 0.05) is 0 Å². The SMILES string of the molecule is COc1ccc(CN2C(=O)C(C)S/C2=N/N=C/c2ccc(OC)c(OC)c2)cc1. The fourth-order valence-corrected chi connectivity index (χ4v) is 3.72. The number of nitrogens with zero attached hydrogens (tertiary/aromatic N) is 3. The molecule has 1 heterocycles. The Morgan fingerprint density at radius 3 is 2.41 bits per heavy atom.